The van der Waals surface area contributed by atoms with Crippen molar-refractivity contribution in [1.29, 1.82) is 0 Å². The summed E-state index contributed by atoms with van der Waals surface area (Å²) in [6.07, 6.45) is 1.71. The van der Waals surface area contributed by atoms with Crippen LogP contribution in [-0.2, 0) is 0 Å². The molecule has 1 aromatic heterocycles. The van der Waals surface area contributed by atoms with Crippen molar-refractivity contribution in [2.45, 2.75) is 13.0 Å². The first kappa shape index (κ1) is 17.7. The van der Waals surface area contributed by atoms with E-state index in [1.165, 1.54) is 0 Å². The highest BCUT2D eigenvalue weighted by Crippen LogP contribution is 2.19. The Morgan fingerprint density at radius 3 is 2.81 bits per heavy atom. The molecule has 3 rings (SSSR count). The van der Waals surface area contributed by atoms with Gasteiger partial charge in [-0.15, -0.1) is 24.8 Å². The number of piperazine rings is 1. The number of nitrogens with zero attached hydrogens (tertiary/aromatic N) is 2. The fourth-order valence-corrected chi connectivity index (χ4v) is 2.57. The highest BCUT2D eigenvalue weighted by Gasteiger charge is 2.25. The maximum atomic E-state index is 12.7. The minimum absolute atomic E-state index is 0. The zero-order valence-electron chi connectivity index (χ0n) is 11.8. The van der Waals surface area contributed by atoms with Gasteiger partial charge >= 0.3 is 0 Å². The van der Waals surface area contributed by atoms with Gasteiger partial charge < -0.3 is 10.2 Å². The van der Waals surface area contributed by atoms with Gasteiger partial charge in [-0.3, -0.25) is 9.78 Å². The van der Waals surface area contributed by atoms with Crippen molar-refractivity contribution in [1.82, 2.24) is 15.2 Å². The van der Waals surface area contributed by atoms with Gasteiger partial charge in [0.15, 0.2) is 0 Å². The van der Waals surface area contributed by atoms with Crippen molar-refractivity contribution in [3.05, 3.63) is 42.2 Å². The third kappa shape index (κ3) is 3.46. The van der Waals surface area contributed by atoms with Gasteiger partial charge in [0.05, 0.1) is 0 Å². The molecule has 1 atom stereocenters. The van der Waals surface area contributed by atoms with Crippen molar-refractivity contribution in [3.63, 3.8) is 0 Å². The van der Waals surface area contributed by atoms with Crippen LogP contribution in [0.5, 0.6) is 0 Å². The summed E-state index contributed by atoms with van der Waals surface area (Å²) in [5, 5.41) is 5.28. The van der Waals surface area contributed by atoms with Crippen LogP contribution in [-0.4, -0.2) is 41.5 Å². The van der Waals surface area contributed by atoms with Gasteiger partial charge in [0.25, 0.3) is 5.91 Å². The zero-order chi connectivity index (χ0) is 13.2. The third-order valence-electron chi connectivity index (χ3n) is 3.64. The Hall–Kier alpha value is -1.36. The summed E-state index contributed by atoms with van der Waals surface area (Å²) in [5.74, 6) is 0.0331. The SMILES string of the molecule is C[C@@H]1CNCCN1C(=O)c1nccc2ccccc12.Cl.Cl. The van der Waals surface area contributed by atoms with E-state index in [1.54, 1.807) is 6.20 Å². The molecule has 4 nitrogen and oxygen atoms in total. The van der Waals surface area contributed by atoms with E-state index in [0.717, 1.165) is 30.4 Å². The second-order valence-electron chi connectivity index (χ2n) is 4.93. The van der Waals surface area contributed by atoms with Gasteiger partial charge in [0.1, 0.15) is 5.69 Å². The monoisotopic (exact) mass is 327 g/mol. The summed E-state index contributed by atoms with van der Waals surface area (Å²) in [6.45, 7) is 4.50. The molecule has 1 aliphatic heterocycles. The Morgan fingerprint density at radius 2 is 2.05 bits per heavy atom. The predicted molar refractivity (Wildman–Crippen MR) is 89.6 cm³/mol. The smallest absolute Gasteiger partial charge is 0.273 e. The first-order chi connectivity index (χ1) is 9.27. The Kier molecular flexibility index (Phi) is 6.40. The maximum absolute atomic E-state index is 12.7. The van der Waals surface area contributed by atoms with Crippen LogP contribution in [0.4, 0.5) is 0 Å². The molecular formula is C15H19Cl2N3O. The van der Waals surface area contributed by atoms with E-state index in [2.05, 4.69) is 17.2 Å². The summed E-state index contributed by atoms with van der Waals surface area (Å²) >= 11 is 0. The lowest BCUT2D eigenvalue weighted by Crippen LogP contribution is -2.52. The number of carbonyl (C=O) groups is 1. The number of benzene rings is 1. The first-order valence-electron chi connectivity index (χ1n) is 6.63. The molecule has 2 aromatic rings. The minimum atomic E-state index is 0. The van der Waals surface area contributed by atoms with E-state index < -0.39 is 0 Å². The van der Waals surface area contributed by atoms with Crippen molar-refractivity contribution in [2.75, 3.05) is 19.6 Å². The molecular weight excluding hydrogens is 309 g/mol. The quantitative estimate of drug-likeness (QED) is 0.875. The molecule has 21 heavy (non-hydrogen) atoms. The van der Waals surface area contributed by atoms with Gasteiger partial charge in [-0.25, -0.2) is 0 Å². The number of hydrogen-bond acceptors (Lipinski definition) is 3. The zero-order valence-corrected chi connectivity index (χ0v) is 13.4. The Bertz CT molecular complexity index is 615. The topological polar surface area (TPSA) is 45.2 Å². The number of amides is 1. The van der Waals surface area contributed by atoms with Crippen LogP contribution in [0, 0.1) is 0 Å². The third-order valence-corrected chi connectivity index (χ3v) is 3.64. The van der Waals surface area contributed by atoms with E-state index in [4.69, 9.17) is 0 Å². The molecule has 1 aliphatic rings. The lowest BCUT2D eigenvalue weighted by atomic mass is 10.1. The van der Waals surface area contributed by atoms with Crippen molar-refractivity contribution in [3.8, 4) is 0 Å². The van der Waals surface area contributed by atoms with Gasteiger partial charge in [0, 0.05) is 37.3 Å². The molecule has 1 amide bonds. The summed E-state index contributed by atoms with van der Waals surface area (Å²) in [7, 11) is 0. The van der Waals surface area contributed by atoms with Gasteiger partial charge in [-0.2, -0.15) is 0 Å². The van der Waals surface area contributed by atoms with Crippen LogP contribution in [0.2, 0.25) is 0 Å². The number of aromatic nitrogens is 1. The van der Waals surface area contributed by atoms with Gasteiger partial charge in [-0.05, 0) is 18.4 Å². The molecule has 0 spiro atoms. The Labute approximate surface area is 136 Å². The molecule has 0 bridgehead atoms. The summed E-state index contributed by atoms with van der Waals surface area (Å²) < 4.78 is 0. The largest absolute Gasteiger partial charge is 0.332 e. The van der Waals surface area contributed by atoms with Gasteiger partial charge in [-0.1, -0.05) is 24.3 Å². The standard InChI is InChI=1S/C15H17N3O.2ClH/c1-11-10-16-8-9-18(11)15(19)14-13-5-3-2-4-12(13)6-7-17-14;;/h2-7,11,16H,8-10H2,1H3;2*1H/t11-;;/m1../s1. The second kappa shape index (κ2) is 7.59. The van der Waals surface area contributed by atoms with E-state index >= 15 is 0 Å². The first-order valence-corrected chi connectivity index (χ1v) is 6.63. The highest BCUT2D eigenvalue weighted by molar-refractivity contribution is 6.05. The molecule has 0 unspecified atom stereocenters. The minimum Gasteiger partial charge on any atom is -0.332 e. The molecule has 114 valence electrons. The average molecular weight is 328 g/mol. The normalized spacial score (nSPS) is 17.8. The molecule has 0 radical (unpaired) electrons. The fourth-order valence-electron chi connectivity index (χ4n) is 2.57. The summed E-state index contributed by atoms with van der Waals surface area (Å²) in [6, 6.07) is 10.0. The summed E-state index contributed by atoms with van der Waals surface area (Å²) in [5.41, 5.74) is 0.562. The number of rotatable bonds is 1. The second-order valence-corrected chi connectivity index (χ2v) is 4.93. The molecule has 6 heteroatoms. The number of halogens is 2. The van der Waals surface area contributed by atoms with Crippen molar-refractivity contribution in [2.24, 2.45) is 0 Å². The molecule has 0 aliphatic carbocycles. The molecule has 0 saturated carbocycles. The molecule has 1 N–H and O–H groups in total. The van der Waals surface area contributed by atoms with Crippen molar-refractivity contribution >= 4 is 41.5 Å². The molecule has 1 aromatic carbocycles. The lowest BCUT2D eigenvalue weighted by Gasteiger charge is -2.33. The van der Waals surface area contributed by atoms with E-state index in [-0.39, 0.29) is 36.8 Å². The fraction of sp³-hybridized carbons (Fsp3) is 0.333. The average Bonchev–Trinajstić information content (AvgIpc) is 2.46. The lowest BCUT2D eigenvalue weighted by molar-refractivity contribution is 0.0652. The van der Waals surface area contributed by atoms with E-state index in [9.17, 15) is 4.79 Å². The van der Waals surface area contributed by atoms with Crippen LogP contribution < -0.4 is 5.32 Å². The van der Waals surface area contributed by atoms with Crippen LogP contribution in [0.15, 0.2) is 36.5 Å². The number of hydrogen-bond donors (Lipinski definition) is 1. The van der Waals surface area contributed by atoms with E-state index in [0.29, 0.717) is 5.69 Å². The number of carbonyl (C=O) groups excluding carboxylic acids is 1. The highest BCUT2D eigenvalue weighted by atomic mass is 35.5. The number of pyridine rings is 1. The molecule has 2 heterocycles. The number of fused-ring (bicyclic) bond motifs is 1. The van der Waals surface area contributed by atoms with E-state index in [1.807, 2.05) is 35.2 Å². The predicted octanol–water partition coefficient (Wildman–Crippen LogP) is 2.51. The molecule has 1 fully saturated rings. The Balaban J connectivity index is 0.00000110. The van der Waals surface area contributed by atoms with Crippen LogP contribution in [0.25, 0.3) is 10.8 Å². The van der Waals surface area contributed by atoms with Crippen molar-refractivity contribution < 1.29 is 4.79 Å². The maximum Gasteiger partial charge on any atom is 0.273 e. The molecule has 1 saturated heterocycles. The van der Waals surface area contributed by atoms with Crippen LogP contribution in [0.1, 0.15) is 17.4 Å². The van der Waals surface area contributed by atoms with Crippen LogP contribution in [0.3, 0.4) is 0 Å². The Morgan fingerprint density at radius 1 is 1.29 bits per heavy atom. The summed E-state index contributed by atoms with van der Waals surface area (Å²) in [4.78, 5) is 18.9. The van der Waals surface area contributed by atoms with Crippen LogP contribution >= 0.6 is 24.8 Å². The van der Waals surface area contributed by atoms with Gasteiger partial charge in [0.2, 0.25) is 0 Å². The number of nitrogens with one attached hydrogen (secondary N) is 1.